The first-order valence-corrected chi connectivity index (χ1v) is 7.51. The van der Waals surface area contributed by atoms with Gasteiger partial charge in [-0.2, -0.15) is 0 Å². The first-order chi connectivity index (χ1) is 10.5. The molecule has 0 saturated heterocycles. The normalized spacial score (nSPS) is 12.2. The predicted octanol–water partition coefficient (Wildman–Crippen LogP) is 3.01. The van der Waals surface area contributed by atoms with E-state index in [4.69, 9.17) is 14.2 Å². The van der Waals surface area contributed by atoms with Gasteiger partial charge in [0, 0.05) is 20.1 Å². The average Bonchev–Trinajstić information content (AvgIpc) is 2.48. The lowest BCUT2D eigenvalue weighted by molar-refractivity contribution is -0.143. The molecule has 1 aromatic carbocycles. The molecule has 5 nitrogen and oxygen atoms in total. The van der Waals surface area contributed by atoms with Crippen molar-refractivity contribution in [1.29, 1.82) is 0 Å². The van der Waals surface area contributed by atoms with Gasteiger partial charge < -0.3 is 19.3 Å². The third-order valence-electron chi connectivity index (χ3n) is 3.56. The zero-order valence-corrected chi connectivity index (χ0v) is 13.8. The Hall–Kier alpha value is -1.75. The van der Waals surface area contributed by atoms with Gasteiger partial charge in [0.25, 0.3) is 0 Å². The molecule has 5 heteroatoms. The number of carbonyl (C=O) groups is 1. The first-order valence-electron chi connectivity index (χ1n) is 7.51. The van der Waals surface area contributed by atoms with Gasteiger partial charge in [-0.1, -0.05) is 19.9 Å². The second-order valence-corrected chi connectivity index (χ2v) is 5.57. The first kappa shape index (κ1) is 18.3. The van der Waals surface area contributed by atoms with Gasteiger partial charge in [0.1, 0.15) is 0 Å². The molecule has 0 unspecified atom stereocenters. The highest BCUT2D eigenvalue weighted by Gasteiger charge is 2.22. The Kier molecular flexibility index (Phi) is 7.74. The van der Waals surface area contributed by atoms with Gasteiger partial charge in [0.15, 0.2) is 11.5 Å². The van der Waals surface area contributed by atoms with Crippen LogP contribution in [0.5, 0.6) is 11.5 Å². The minimum Gasteiger partial charge on any atom is -0.493 e. The zero-order chi connectivity index (χ0) is 16.5. The quantitative estimate of drug-likeness (QED) is 0.673. The van der Waals surface area contributed by atoms with Crippen LogP contribution in [0, 0.1) is 11.8 Å². The van der Waals surface area contributed by atoms with Crippen molar-refractivity contribution in [2.24, 2.45) is 11.8 Å². The van der Waals surface area contributed by atoms with Crippen LogP contribution in [0.15, 0.2) is 18.2 Å². The number of ether oxygens (including phenoxy) is 3. The lowest BCUT2D eigenvalue weighted by atomic mass is 9.89. The third kappa shape index (κ3) is 5.56. The zero-order valence-electron chi connectivity index (χ0n) is 13.8. The molecule has 22 heavy (non-hydrogen) atoms. The van der Waals surface area contributed by atoms with E-state index in [-0.39, 0.29) is 5.92 Å². The average molecular weight is 310 g/mol. The number of methoxy groups -OCH3 is 2. The molecule has 124 valence electrons. The van der Waals surface area contributed by atoms with Crippen LogP contribution in [0.4, 0.5) is 0 Å². The Morgan fingerprint density at radius 3 is 2.45 bits per heavy atom. The molecule has 0 fully saturated rings. The molecule has 0 aliphatic carbocycles. The topological polar surface area (TPSA) is 65.0 Å². The molecule has 1 N–H and O–H groups in total. The van der Waals surface area contributed by atoms with Gasteiger partial charge in [-0.05, 0) is 30.0 Å². The Bertz CT molecular complexity index is 470. The molecule has 1 aromatic rings. The van der Waals surface area contributed by atoms with Gasteiger partial charge >= 0.3 is 5.97 Å². The smallest absolute Gasteiger partial charge is 0.307 e. The van der Waals surface area contributed by atoms with Gasteiger partial charge in [-0.15, -0.1) is 0 Å². The van der Waals surface area contributed by atoms with Gasteiger partial charge in [0.2, 0.25) is 0 Å². The summed E-state index contributed by atoms with van der Waals surface area (Å²) in [5.41, 5.74) is 0.934. The highest BCUT2D eigenvalue weighted by molar-refractivity contribution is 5.70. The van der Waals surface area contributed by atoms with E-state index in [1.165, 1.54) is 0 Å². The molecule has 0 spiro atoms. The molecule has 0 amide bonds. The Morgan fingerprint density at radius 2 is 1.91 bits per heavy atom. The van der Waals surface area contributed by atoms with E-state index >= 15 is 0 Å². The maximum atomic E-state index is 11.3. The minimum atomic E-state index is -0.770. The second kappa shape index (κ2) is 9.30. The highest BCUT2D eigenvalue weighted by Crippen LogP contribution is 2.30. The molecule has 0 radical (unpaired) electrons. The summed E-state index contributed by atoms with van der Waals surface area (Å²) in [6.07, 6.45) is 1.26. The summed E-state index contributed by atoms with van der Waals surface area (Å²) in [4.78, 5) is 11.3. The molecule has 0 aliphatic heterocycles. The van der Waals surface area contributed by atoms with Crippen molar-refractivity contribution in [3.05, 3.63) is 23.8 Å². The van der Waals surface area contributed by atoms with E-state index in [0.717, 1.165) is 12.0 Å². The summed E-state index contributed by atoms with van der Waals surface area (Å²) >= 11 is 0. The summed E-state index contributed by atoms with van der Waals surface area (Å²) in [6, 6.07) is 5.57. The summed E-state index contributed by atoms with van der Waals surface area (Å²) in [5, 5.41) is 9.31. The molecule has 0 aromatic heterocycles. The molecule has 0 heterocycles. The Labute approximate surface area is 132 Å². The van der Waals surface area contributed by atoms with Crippen LogP contribution < -0.4 is 9.47 Å². The van der Waals surface area contributed by atoms with Crippen LogP contribution in [0.3, 0.4) is 0 Å². The van der Waals surface area contributed by atoms with E-state index in [2.05, 4.69) is 0 Å². The maximum absolute atomic E-state index is 11.3. The van der Waals surface area contributed by atoms with Gasteiger partial charge in [-0.3, -0.25) is 4.79 Å². The number of hydrogen-bond acceptors (Lipinski definition) is 4. The third-order valence-corrected chi connectivity index (χ3v) is 3.56. The molecule has 0 saturated carbocycles. The number of carboxylic acids is 1. The fraction of sp³-hybridized carbons (Fsp3) is 0.588. The number of hydrogen-bond donors (Lipinski definition) is 1. The summed E-state index contributed by atoms with van der Waals surface area (Å²) in [6.45, 7) is 5.01. The van der Waals surface area contributed by atoms with Crippen molar-refractivity contribution in [1.82, 2.24) is 0 Å². The summed E-state index contributed by atoms with van der Waals surface area (Å²) < 4.78 is 16.0. The lowest BCUT2D eigenvalue weighted by Gasteiger charge is -2.17. The van der Waals surface area contributed by atoms with E-state index in [1.54, 1.807) is 14.2 Å². The Balaban J connectivity index is 2.82. The minimum absolute atomic E-state index is 0.0747. The fourth-order valence-electron chi connectivity index (χ4n) is 2.21. The second-order valence-electron chi connectivity index (χ2n) is 5.57. The molecule has 1 atom stereocenters. The van der Waals surface area contributed by atoms with Crippen molar-refractivity contribution in [2.45, 2.75) is 26.7 Å². The molecular weight excluding hydrogens is 284 g/mol. The number of rotatable bonds is 10. The monoisotopic (exact) mass is 310 g/mol. The lowest BCUT2D eigenvalue weighted by Crippen LogP contribution is -2.22. The largest absolute Gasteiger partial charge is 0.493 e. The van der Waals surface area contributed by atoms with Crippen LogP contribution in [0.1, 0.15) is 25.8 Å². The molecule has 0 aliphatic rings. The van der Waals surface area contributed by atoms with Crippen LogP contribution >= 0.6 is 0 Å². The van der Waals surface area contributed by atoms with Crippen LogP contribution in [-0.2, 0) is 16.0 Å². The summed E-state index contributed by atoms with van der Waals surface area (Å²) in [5.74, 6) is 0.190. The van der Waals surface area contributed by atoms with E-state index in [1.807, 2.05) is 32.0 Å². The van der Waals surface area contributed by atoms with E-state index < -0.39 is 11.9 Å². The Morgan fingerprint density at radius 1 is 1.18 bits per heavy atom. The van der Waals surface area contributed by atoms with Gasteiger partial charge in [-0.25, -0.2) is 0 Å². The molecule has 1 rings (SSSR count). The van der Waals surface area contributed by atoms with Crippen molar-refractivity contribution in [3.8, 4) is 11.5 Å². The fourth-order valence-corrected chi connectivity index (χ4v) is 2.21. The van der Waals surface area contributed by atoms with Crippen LogP contribution in [0.2, 0.25) is 0 Å². The van der Waals surface area contributed by atoms with Crippen molar-refractivity contribution in [2.75, 3.05) is 27.4 Å². The van der Waals surface area contributed by atoms with Gasteiger partial charge in [0.05, 0.1) is 19.6 Å². The highest BCUT2D eigenvalue weighted by atomic mass is 16.5. The van der Waals surface area contributed by atoms with E-state index in [9.17, 15) is 9.90 Å². The number of aliphatic carboxylic acids is 1. The van der Waals surface area contributed by atoms with E-state index in [0.29, 0.717) is 31.1 Å². The van der Waals surface area contributed by atoms with Crippen LogP contribution in [0.25, 0.3) is 0 Å². The standard InChI is InChI=1S/C17H26O5/c1-12(2)14(17(18)19)10-13-6-7-15(21-4)16(11-13)22-9-5-8-20-3/h6-7,11-12,14H,5,8-10H2,1-4H3,(H,18,19)/t14-/m1/s1. The van der Waals surface area contributed by atoms with Crippen molar-refractivity contribution in [3.63, 3.8) is 0 Å². The number of carboxylic acid groups (broad SMARTS) is 1. The predicted molar refractivity (Wildman–Crippen MR) is 84.6 cm³/mol. The van der Waals surface area contributed by atoms with Crippen LogP contribution in [-0.4, -0.2) is 38.5 Å². The SMILES string of the molecule is COCCCOc1cc(C[C@@H](C(=O)O)C(C)C)ccc1OC. The van der Waals surface area contributed by atoms with Crippen molar-refractivity contribution < 1.29 is 24.1 Å². The molecular formula is C17H26O5. The number of benzene rings is 1. The summed E-state index contributed by atoms with van der Waals surface area (Å²) in [7, 11) is 3.24. The molecule has 0 bridgehead atoms. The van der Waals surface area contributed by atoms with Crippen molar-refractivity contribution >= 4 is 5.97 Å². The maximum Gasteiger partial charge on any atom is 0.307 e.